The summed E-state index contributed by atoms with van der Waals surface area (Å²) in [6.45, 7) is 5.46. The van der Waals surface area contributed by atoms with Crippen molar-refractivity contribution in [3.05, 3.63) is 35.1 Å². The lowest BCUT2D eigenvalue weighted by Gasteiger charge is -2.31. The zero-order valence-electron chi connectivity index (χ0n) is 13.2. The predicted molar refractivity (Wildman–Crippen MR) is 83.1 cm³/mol. The lowest BCUT2D eigenvalue weighted by molar-refractivity contribution is -0.126. The van der Waals surface area contributed by atoms with Crippen LogP contribution in [0.15, 0.2) is 18.2 Å². The molecule has 4 nitrogen and oxygen atoms in total. The molecular formula is C17H23FN2O2. The number of rotatable bonds is 4. The van der Waals surface area contributed by atoms with Crippen molar-refractivity contribution < 1.29 is 14.0 Å². The van der Waals surface area contributed by atoms with Gasteiger partial charge in [-0.1, -0.05) is 13.0 Å². The Kier molecular flexibility index (Phi) is 5.52. The van der Waals surface area contributed by atoms with Crippen LogP contribution in [-0.2, 0) is 4.79 Å². The smallest absolute Gasteiger partial charge is 0.253 e. The highest BCUT2D eigenvalue weighted by Crippen LogP contribution is 2.20. The van der Waals surface area contributed by atoms with Crippen LogP contribution in [0.5, 0.6) is 0 Å². The summed E-state index contributed by atoms with van der Waals surface area (Å²) in [6, 6.07) is 4.56. The van der Waals surface area contributed by atoms with Gasteiger partial charge in [0.2, 0.25) is 5.91 Å². The molecule has 1 aromatic rings. The maximum Gasteiger partial charge on any atom is 0.253 e. The monoisotopic (exact) mass is 306 g/mol. The van der Waals surface area contributed by atoms with Gasteiger partial charge >= 0.3 is 0 Å². The molecule has 1 fully saturated rings. The van der Waals surface area contributed by atoms with Crippen LogP contribution >= 0.6 is 0 Å². The summed E-state index contributed by atoms with van der Waals surface area (Å²) >= 11 is 0. The number of likely N-dealkylation sites (tertiary alicyclic amines) is 1. The van der Waals surface area contributed by atoms with E-state index in [-0.39, 0.29) is 23.5 Å². The molecule has 0 bridgehead atoms. The number of amides is 2. The van der Waals surface area contributed by atoms with Gasteiger partial charge in [-0.05, 0) is 43.9 Å². The molecule has 1 saturated heterocycles. The number of hydrogen-bond donors (Lipinski definition) is 1. The number of nitrogens with zero attached hydrogens (tertiary/aromatic N) is 1. The van der Waals surface area contributed by atoms with Crippen molar-refractivity contribution in [1.29, 1.82) is 0 Å². The third-order valence-corrected chi connectivity index (χ3v) is 4.12. The van der Waals surface area contributed by atoms with Crippen LogP contribution in [-0.4, -0.2) is 36.3 Å². The minimum atomic E-state index is -0.361. The van der Waals surface area contributed by atoms with Crippen molar-refractivity contribution >= 4 is 11.8 Å². The standard InChI is InChI=1S/C17H23FN2O2/c1-3-8-19-16(21)13-6-9-20(10-7-13)17(22)14-5-4-12(2)15(18)11-14/h4-5,11,13H,3,6-10H2,1-2H3,(H,19,21). The predicted octanol–water partition coefficient (Wildman–Crippen LogP) is 2.51. The molecule has 0 spiro atoms. The molecule has 2 rings (SSSR count). The van der Waals surface area contributed by atoms with Gasteiger partial charge in [-0.25, -0.2) is 4.39 Å². The third kappa shape index (κ3) is 3.84. The SMILES string of the molecule is CCCNC(=O)C1CCN(C(=O)c2ccc(C)c(F)c2)CC1. The Morgan fingerprint density at radius 3 is 2.59 bits per heavy atom. The van der Waals surface area contributed by atoms with E-state index >= 15 is 0 Å². The molecular weight excluding hydrogens is 283 g/mol. The summed E-state index contributed by atoms with van der Waals surface area (Å²) < 4.78 is 13.6. The Morgan fingerprint density at radius 2 is 2.00 bits per heavy atom. The number of piperidine rings is 1. The van der Waals surface area contributed by atoms with Crippen LogP contribution in [0.2, 0.25) is 0 Å². The Hall–Kier alpha value is -1.91. The van der Waals surface area contributed by atoms with Crippen molar-refractivity contribution in [2.75, 3.05) is 19.6 Å². The molecule has 1 aromatic carbocycles. The Labute approximate surface area is 130 Å². The second-order valence-corrected chi connectivity index (χ2v) is 5.82. The minimum absolute atomic E-state index is 0.0228. The summed E-state index contributed by atoms with van der Waals surface area (Å²) in [5, 5.41) is 2.90. The number of halogens is 1. The molecule has 1 N–H and O–H groups in total. The van der Waals surface area contributed by atoms with Crippen molar-refractivity contribution in [2.45, 2.75) is 33.1 Å². The largest absolute Gasteiger partial charge is 0.356 e. The molecule has 0 atom stereocenters. The number of carbonyl (C=O) groups is 2. The number of carbonyl (C=O) groups excluding carboxylic acids is 2. The van der Waals surface area contributed by atoms with E-state index in [4.69, 9.17) is 0 Å². The summed E-state index contributed by atoms with van der Waals surface area (Å²) in [7, 11) is 0. The Bertz CT molecular complexity index is 552. The summed E-state index contributed by atoms with van der Waals surface area (Å²) in [5.74, 6) is -0.466. The molecule has 0 aromatic heterocycles. The molecule has 5 heteroatoms. The van der Waals surface area contributed by atoms with Gasteiger partial charge in [0.15, 0.2) is 0 Å². The molecule has 0 saturated carbocycles. The normalized spacial score (nSPS) is 15.7. The van der Waals surface area contributed by atoms with E-state index in [0.717, 1.165) is 6.42 Å². The molecule has 120 valence electrons. The van der Waals surface area contributed by atoms with Gasteiger partial charge in [0.25, 0.3) is 5.91 Å². The van der Waals surface area contributed by atoms with Crippen LogP contribution < -0.4 is 5.32 Å². The summed E-state index contributed by atoms with van der Waals surface area (Å²) in [4.78, 5) is 26.0. The second-order valence-electron chi connectivity index (χ2n) is 5.82. The van der Waals surface area contributed by atoms with E-state index in [1.54, 1.807) is 24.0 Å². The van der Waals surface area contributed by atoms with Gasteiger partial charge in [-0.2, -0.15) is 0 Å². The highest BCUT2D eigenvalue weighted by molar-refractivity contribution is 5.94. The molecule has 1 aliphatic heterocycles. The van der Waals surface area contributed by atoms with Gasteiger partial charge in [-0.3, -0.25) is 9.59 Å². The average molecular weight is 306 g/mol. The third-order valence-electron chi connectivity index (χ3n) is 4.12. The van der Waals surface area contributed by atoms with Gasteiger partial charge in [-0.15, -0.1) is 0 Å². The second kappa shape index (κ2) is 7.38. The molecule has 1 aliphatic rings. The zero-order chi connectivity index (χ0) is 16.1. The van der Waals surface area contributed by atoms with Gasteiger partial charge < -0.3 is 10.2 Å². The topological polar surface area (TPSA) is 49.4 Å². The van der Waals surface area contributed by atoms with E-state index in [0.29, 0.717) is 43.6 Å². The van der Waals surface area contributed by atoms with Crippen LogP contribution in [0, 0.1) is 18.7 Å². The van der Waals surface area contributed by atoms with Crippen molar-refractivity contribution in [2.24, 2.45) is 5.92 Å². The van der Waals surface area contributed by atoms with Crippen molar-refractivity contribution in [1.82, 2.24) is 10.2 Å². The first kappa shape index (κ1) is 16.5. The first-order valence-corrected chi connectivity index (χ1v) is 7.86. The maximum atomic E-state index is 13.6. The number of benzene rings is 1. The molecule has 22 heavy (non-hydrogen) atoms. The van der Waals surface area contributed by atoms with E-state index in [9.17, 15) is 14.0 Å². The summed E-state index contributed by atoms with van der Waals surface area (Å²) in [5.41, 5.74) is 0.903. The van der Waals surface area contributed by atoms with Gasteiger partial charge in [0, 0.05) is 31.1 Å². The van der Waals surface area contributed by atoms with Crippen LogP contribution in [0.4, 0.5) is 4.39 Å². The molecule has 0 unspecified atom stereocenters. The lowest BCUT2D eigenvalue weighted by atomic mass is 9.95. The quantitative estimate of drug-likeness (QED) is 0.929. The zero-order valence-corrected chi connectivity index (χ0v) is 13.2. The van der Waals surface area contributed by atoms with Crippen molar-refractivity contribution in [3.63, 3.8) is 0 Å². The van der Waals surface area contributed by atoms with Crippen LogP contribution in [0.3, 0.4) is 0 Å². The highest BCUT2D eigenvalue weighted by Gasteiger charge is 2.27. The highest BCUT2D eigenvalue weighted by atomic mass is 19.1. The number of hydrogen-bond acceptors (Lipinski definition) is 2. The molecule has 0 aliphatic carbocycles. The molecule has 2 amide bonds. The minimum Gasteiger partial charge on any atom is -0.356 e. The van der Waals surface area contributed by atoms with Crippen LogP contribution in [0.1, 0.15) is 42.1 Å². The van der Waals surface area contributed by atoms with E-state index in [2.05, 4.69) is 5.32 Å². The van der Waals surface area contributed by atoms with Crippen LogP contribution in [0.25, 0.3) is 0 Å². The van der Waals surface area contributed by atoms with E-state index in [1.807, 2.05) is 6.92 Å². The molecule has 1 heterocycles. The maximum absolute atomic E-state index is 13.6. The fourth-order valence-corrected chi connectivity index (χ4v) is 2.65. The molecule has 0 radical (unpaired) electrons. The number of nitrogens with one attached hydrogen (secondary N) is 1. The Balaban J connectivity index is 1.92. The number of aryl methyl sites for hydroxylation is 1. The fraction of sp³-hybridized carbons (Fsp3) is 0.529. The van der Waals surface area contributed by atoms with Crippen molar-refractivity contribution in [3.8, 4) is 0 Å². The Morgan fingerprint density at radius 1 is 1.32 bits per heavy atom. The lowest BCUT2D eigenvalue weighted by Crippen LogP contribution is -2.43. The first-order valence-electron chi connectivity index (χ1n) is 7.86. The van der Waals surface area contributed by atoms with E-state index in [1.165, 1.54) is 6.07 Å². The van der Waals surface area contributed by atoms with Gasteiger partial charge in [0.1, 0.15) is 5.82 Å². The summed E-state index contributed by atoms with van der Waals surface area (Å²) in [6.07, 6.45) is 2.24. The average Bonchev–Trinajstić information content (AvgIpc) is 2.54. The van der Waals surface area contributed by atoms with E-state index < -0.39 is 0 Å². The first-order chi connectivity index (χ1) is 10.5. The fourth-order valence-electron chi connectivity index (χ4n) is 2.65. The van der Waals surface area contributed by atoms with Gasteiger partial charge in [0.05, 0.1) is 0 Å².